The van der Waals surface area contributed by atoms with Gasteiger partial charge in [0.05, 0.1) is 11.7 Å². The van der Waals surface area contributed by atoms with Gasteiger partial charge in [-0.1, -0.05) is 44.2 Å². The third-order valence-electron chi connectivity index (χ3n) is 6.50. The van der Waals surface area contributed by atoms with Crippen molar-refractivity contribution in [2.24, 2.45) is 23.0 Å². The van der Waals surface area contributed by atoms with Crippen molar-refractivity contribution >= 4 is 19.5 Å². The van der Waals surface area contributed by atoms with E-state index in [4.69, 9.17) is 15.0 Å². The molecule has 1 aliphatic heterocycles. The van der Waals surface area contributed by atoms with Crippen molar-refractivity contribution in [3.8, 4) is 0 Å². The van der Waals surface area contributed by atoms with Gasteiger partial charge in [-0.2, -0.15) is 0 Å². The molecule has 5 rings (SSSR count). The Labute approximate surface area is 145 Å². The fraction of sp³-hybridized carbons (Fsp3) is 0.667. The van der Waals surface area contributed by atoms with Gasteiger partial charge in [0, 0.05) is 5.94 Å². The average molecular weight is 336 g/mol. The molecule has 5 heteroatoms. The van der Waals surface area contributed by atoms with Gasteiger partial charge in [-0.25, -0.2) is 0 Å². The van der Waals surface area contributed by atoms with Crippen molar-refractivity contribution in [2.45, 2.75) is 57.7 Å². The summed E-state index contributed by atoms with van der Waals surface area (Å²) in [5.41, 5.74) is 7.90. The minimum atomic E-state index is -0.273. The van der Waals surface area contributed by atoms with Gasteiger partial charge in [-0.15, -0.1) is 12.4 Å². The molecule has 1 aromatic rings. The fourth-order valence-electron chi connectivity index (χ4n) is 4.91. The molecule has 23 heavy (non-hydrogen) atoms. The highest BCUT2D eigenvalue weighted by Crippen LogP contribution is 2.64. The van der Waals surface area contributed by atoms with E-state index >= 15 is 0 Å². The summed E-state index contributed by atoms with van der Waals surface area (Å²) in [4.78, 5) is 0. The molecule has 3 saturated carbocycles. The number of benzene rings is 1. The lowest BCUT2D eigenvalue weighted by molar-refractivity contribution is -0.185. The Morgan fingerprint density at radius 3 is 2.61 bits per heavy atom. The number of nitrogens with two attached hydrogens (primary N) is 1. The molecule has 0 radical (unpaired) electrons. The Bertz CT molecular complexity index is 569. The number of hydrogen-bond donors (Lipinski definition) is 1. The van der Waals surface area contributed by atoms with Gasteiger partial charge in [0.2, 0.25) is 0 Å². The zero-order valence-electron chi connectivity index (χ0n) is 14.2. The quantitative estimate of drug-likeness (QED) is 0.862. The topological polar surface area (TPSA) is 44.5 Å². The normalized spacial score (nSPS) is 38.3. The second-order valence-corrected chi connectivity index (χ2v) is 8.27. The summed E-state index contributed by atoms with van der Waals surface area (Å²) in [5.74, 6) is 1.28. The van der Waals surface area contributed by atoms with Gasteiger partial charge in [0.25, 0.3) is 0 Å². The van der Waals surface area contributed by atoms with Gasteiger partial charge in [0.1, 0.15) is 0 Å². The molecule has 4 aliphatic rings. The monoisotopic (exact) mass is 335 g/mol. The maximum absolute atomic E-state index is 6.40. The summed E-state index contributed by atoms with van der Waals surface area (Å²) in [6.45, 7) is 6.99. The lowest BCUT2D eigenvalue weighted by atomic mass is 9.45. The first-order valence-corrected chi connectivity index (χ1v) is 8.53. The standard InChI is InChI=1S/C18H26BNO2.ClH/c1-17(2)13-10-14(17)16-18(3,11-13)22-19(21-16)15(20)9-12-7-5-4-6-8-12;/h4-8,13-16H,9-11,20H2,1-3H3;1H/t13-,14+,15-,16-,18+;/m0./s1. The molecule has 3 aliphatic carbocycles. The summed E-state index contributed by atoms with van der Waals surface area (Å²) in [6, 6.07) is 10.4. The van der Waals surface area contributed by atoms with Crippen LogP contribution in [0.25, 0.3) is 0 Å². The Kier molecular flexibility index (Phi) is 4.33. The first kappa shape index (κ1) is 17.3. The smallest absolute Gasteiger partial charge is 0.404 e. The average Bonchev–Trinajstić information content (AvgIpc) is 2.85. The van der Waals surface area contributed by atoms with Crippen LogP contribution in [0.15, 0.2) is 30.3 Å². The van der Waals surface area contributed by atoms with E-state index in [-0.39, 0.29) is 37.2 Å². The summed E-state index contributed by atoms with van der Waals surface area (Å²) in [6.07, 6.45) is 3.40. The summed E-state index contributed by atoms with van der Waals surface area (Å²) >= 11 is 0. The fourth-order valence-corrected chi connectivity index (χ4v) is 4.91. The van der Waals surface area contributed by atoms with Crippen molar-refractivity contribution in [3.63, 3.8) is 0 Å². The molecule has 0 amide bonds. The van der Waals surface area contributed by atoms with Crippen LogP contribution in [0, 0.1) is 17.3 Å². The molecule has 126 valence electrons. The predicted octanol–water partition coefficient (Wildman–Crippen LogP) is 3.25. The second-order valence-electron chi connectivity index (χ2n) is 8.27. The molecule has 5 atom stereocenters. The van der Waals surface area contributed by atoms with E-state index in [2.05, 4.69) is 45.0 Å². The van der Waals surface area contributed by atoms with Crippen LogP contribution in [-0.4, -0.2) is 24.8 Å². The highest BCUT2D eigenvalue weighted by molar-refractivity contribution is 6.47. The molecule has 0 aromatic heterocycles. The van der Waals surface area contributed by atoms with Crippen molar-refractivity contribution < 1.29 is 9.31 Å². The molecule has 1 heterocycles. The van der Waals surface area contributed by atoms with Crippen LogP contribution in [0.1, 0.15) is 39.2 Å². The molecular weight excluding hydrogens is 308 g/mol. The van der Waals surface area contributed by atoms with Gasteiger partial charge in [-0.3, -0.25) is 0 Å². The maximum atomic E-state index is 6.40. The number of hydrogen-bond acceptors (Lipinski definition) is 3. The van der Waals surface area contributed by atoms with E-state index in [9.17, 15) is 0 Å². The molecule has 2 bridgehead atoms. The van der Waals surface area contributed by atoms with E-state index in [0.29, 0.717) is 11.3 Å². The van der Waals surface area contributed by atoms with Crippen LogP contribution in [0.4, 0.5) is 0 Å². The highest BCUT2D eigenvalue weighted by atomic mass is 35.5. The van der Waals surface area contributed by atoms with Crippen LogP contribution in [0.3, 0.4) is 0 Å². The van der Waals surface area contributed by atoms with Crippen molar-refractivity contribution in [1.82, 2.24) is 0 Å². The highest BCUT2D eigenvalue weighted by Gasteiger charge is 2.67. The number of rotatable bonds is 3. The first-order chi connectivity index (χ1) is 10.4. The molecule has 2 N–H and O–H groups in total. The Balaban J connectivity index is 0.00000156. The van der Waals surface area contributed by atoms with Gasteiger partial charge in [0.15, 0.2) is 0 Å². The molecule has 4 fully saturated rings. The van der Waals surface area contributed by atoms with Gasteiger partial charge >= 0.3 is 7.12 Å². The zero-order valence-corrected chi connectivity index (χ0v) is 15.0. The van der Waals surface area contributed by atoms with E-state index in [1.807, 2.05) is 6.07 Å². The third kappa shape index (κ3) is 2.64. The molecule has 3 nitrogen and oxygen atoms in total. The van der Waals surface area contributed by atoms with Crippen LogP contribution in [-0.2, 0) is 15.7 Å². The van der Waals surface area contributed by atoms with Crippen LogP contribution in [0.5, 0.6) is 0 Å². The van der Waals surface area contributed by atoms with Gasteiger partial charge in [-0.05, 0) is 49.0 Å². The zero-order chi connectivity index (χ0) is 15.5. The minimum Gasteiger partial charge on any atom is -0.404 e. The molecule has 0 unspecified atom stereocenters. The second kappa shape index (κ2) is 5.77. The van der Waals surface area contributed by atoms with Crippen LogP contribution < -0.4 is 5.73 Å². The van der Waals surface area contributed by atoms with Crippen molar-refractivity contribution in [3.05, 3.63) is 35.9 Å². The predicted molar refractivity (Wildman–Crippen MR) is 95.5 cm³/mol. The van der Waals surface area contributed by atoms with Crippen LogP contribution in [0.2, 0.25) is 0 Å². The first-order valence-electron chi connectivity index (χ1n) is 8.53. The minimum absolute atomic E-state index is 0. The largest absolute Gasteiger partial charge is 0.475 e. The van der Waals surface area contributed by atoms with Crippen molar-refractivity contribution in [1.29, 1.82) is 0 Å². The lowest BCUT2D eigenvalue weighted by Gasteiger charge is -2.63. The van der Waals surface area contributed by atoms with E-state index in [1.54, 1.807) is 0 Å². The summed E-state index contributed by atoms with van der Waals surface area (Å²) in [5, 5.41) is 0. The number of halogens is 1. The summed E-state index contributed by atoms with van der Waals surface area (Å²) < 4.78 is 12.7. The van der Waals surface area contributed by atoms with E-state index < -0.39 is 0 Å². The summed E-state index contributed by atoms with van der Waals surface area (Å²) in [7, 11) is -0.273. The van der Waals surface area contributed by atoms with Crippen molar-refractivity contribution in [2.75, 3.05) is 0 Å². The lowest BCUT2D eigenvalue weighted by Crippen LogP contribution is -2.63. The van der Waals surface area contributed by atoms with E-state index in [0.717, 1.165) is 18.8 Å². The van der Waals surface area contributed by atoms with Gasteiger partial charge < -0.3 is 15.0 Å². The Hall–Kier alpha value is -0.545. The Morgan fingerprint density at radius 1 is 1.26 bits per heavy atom. The third-order valence-corrected chi connectivity index (χ3v) is 6.50. The molecule has 1 saturated heterocycles. The SMILES string of the molecule is CC1(C)[C@H]2C[C@@H]1[C@@H]1OB([C@@H](N)Cc3ccccc3)O[C@]1(C)C2.Cl. The molecular formula is C18H27BClNO2. The molecule has 0 spiro atoms. The van der Waals surface area contributed by atoms with E-state index in [1.165, 1.54) is 12.0 Å². The van der Waals surface area contributed by atoms with Crippen LogP contribution >= 0.6 is 12.4 Å². The Morgan fingerprint density at radius 2 is 1.96 bits per heavy atom. The molecule has 1 aromatic carbocycles. The maximum Gasteiger partial charge on any atom is 0.475 e.